The van der Waals surface area contributed by atoms with E-state index in [1.54, 1.807) is 4.90 Å². The van der Waals surface area contributed by atoms with Crippen molar-refractivity contribution in [3.63, 3.8) is 0 Å². The van der Waals surface area contributed by atoms with E-state index in [2.05, 4.69) is 27.2 Å². The van der Waals surface area contributed by atoms with Crippen molar-refractivity contribution in [3.8, 4) is 11.6 Å². The lowest BCUT2D eigenvalue weighted by Gasteiger charge is -2.39. The average Bonchev–Trinajstić information content (AvgIpc) is 2.73. The zero-order valence-corrected chi connectivity index (χ0v) is 16.8. The Balaban J connectivity index is 1.42. The number of likely N-dealkylation sites (tertiary alicyclic amines) is 1. The minimum Gasteiger partial charge on any atom is -0.437 e. The van der Waals surface area contributed by atoms with Crippen molar-refractivity contribution in [2.75, 3.05) is 23.7 Å². The Kier molecular flexibility index (Phi) is 5.81. The molecule has 0 unspecified atom stereocenters. The average molecular weight is 422 g/mol. The molecule has 1 aliphatic heterocycles. The molecule has 8 heteroatoms. The highest BCUT2D eigenvalue weighted by Crippen LogP contribution is 2.30. The van der Waals surface area contributed by atoms with Gasteiger partial charge < -0.3 is 20.3 Å². The van der Waals surface area contributed by atoms with Gasteiger partial charge in [-0.25, -0.2) is 4.98 Å². The summed E-state index contributed by atoms with van der Waals surface area (Å²) in [4.78, 5) is 21.8. The number of aromatic nitrogens is 2. The molecule has 0 spiro atoms. The Morgan fingerprint density at radius 2 is 1.93 bits per heavy atom. The summed E-state index contributed by atoms with van der Waals surface area (Å²) in [6, 6.07) is 17.3. The van der Waals surface area contributed by atoms with Crippen LogP contribution in [0.15, 0.2) is 73.4 Å². The maximum absolute atomic E-state index is 11.6. The third kappa shape index (κ3) is 4.69. The van der Waals surface area contributed by atoms with Gasteiger partial charge >= 0.3 is 0 Å². The van der Waals surface area contributed by atoms with Crippen LogP contribution in [-0.2, 0) is 4.79 Å². The van der Waals surface area contributed by atoms with Crippen LogP contribution in [0.3, 0.4) is 0 Å². The van der Waals surface area contributed by atoms with Crippen LogP contribution in [0.2, 0.25) is 5.02 Å². The first-order chi connectivity index (χ1) is 14.6. The van der Waals surface area contributed by atoms with Crippen LogP contribution in [0.5, 0.6) is 11.6 Å². The van der Waals surface area contributed by atoms with Crippen LogP contribution >= 0.6 is 11.6 Å². The van der Waals surface area contributed by atoms with E-state index in [1.807, 2.05) is 54.6 Å². The van der Waals surface area contributed by atoms with Gasteiger partial charge in [-0.15, -0.1) is 0 Å². The van der Waals surface area contributed by atoms with E-state index in [0.29, 0.717) is 29.8 Å². The van der Waals surface area contributed by atoms with Crippen LogP contribution in [0.4, 0.5) is 17.3 Å². The van der Waals surface area contributed by atoms with E-state index in [4.69, 9.17) is 16.3 Å². The van der Waals surface area contributed by atoms with Crippen LogP contribution < -0.4 is 15.4 Å². The van der Waals surface area contributed by atoms with Gasteiger partial charge in [-0.05, 0) is 30.3 Å². The number of carbonyl (C=O) groups excluding carboxylic acids is 1. The predicted octanol–water partition coefficient (Wildman–Crippen LogP) is 4.47. The number of rotatable bonds is 7. The number of nitrogens with one attached hydrogen (secondary N) is 2. The fourth-order valence-corrected chi connectivity index (χ4v) is 3.14. The Labute approximate surface area is 179 Å². The SMILES string of the molecule is C=CC(=O)N1CC(Nc2cccc(Oc3nc(Nc4ccccc4)ncc3Cl)c2)C1. The minimum absolute atomic E-state index is 0.0524. The molecule has 1 saturated heterocycles. The summed E-state index contributed by atoms with van der Waals surface area (Å²) in [5.41, 5.74) is 1.75. The van der Waals surface area contributed by atoms with Crippen molar-refractivity contribution < 1.29 is 9.53 Å². The fraction of sp³-hybridized carbons (Fsp3) is 0.136. The van der Waals surface area contributed by atoms with E-state index >= 15 is 0 Å². The zero-order valence-electron chi connectivity index (χ0n) is 16.1. The second-order valence-electron chi connectivity index (χ2n) is 6.76. The number of carbonyl (C=O) groups is 1. The molecule has 2 heterocycles. The molecular formula is C22H20ClN5O2. The van der Waals surface area contributed by atoms with Crippen molar-refractivity contribution in [1.82, 2.24) is 14.9 Å². The molecule has 2 N–H and O–H groups in total. The molecule has 0 aliphatic carbocycles. The molecule has 7 nitrogen and oxygen atoms in total. The molecule has 0 saturated carbocycles. The largest absolute Gasteiger partial charge is 0.437 e. The lowest BCUT2D eigenvalue weighted by atomic mass is 10.1. The van der Waals surface area contributed by atoms with Crippen LogP contribution in [0.25, 0.3) is 0 Å². The van der Waals surface area contributed by atoms with Gasteiger partial charge in [-0.3, -0.25) is 4.79 Å². The number of halogens is 1. The van der Waals surface area contributed by atoms with Crippen LogP contribution in [-0.4, -0.2) is 39.9 Å². The number of anilines is 3. The Bertz CT molecular complexity index is 1050. The van der Waals surface area contributed by atoms with Crippen molar-refractivity contribution in [3.05, 3.63) is 78.5 Å². The summed E-state index contributed by atoms with van der Waals surface area (Å²) in [7, 11) is 0. The van der Waals surface area contributed by atoms with Gasteiger partial charge in [-0.2, -0.15) is 4.98 Å². The second kappa shape index (κ2) is 8.84. The lowest BCUT2D eigenvalue weighted by molar-refractivity contribution is -0.129. The molecular weight excluding hydrogens is 402 g/mol. The van der Waals surface area contributed by atoms with E-state index in [-0.39, 0.29) is 17.8 Å². The summed E-state index contributed by atoms with van der Waals surface area (Å²) in [5.74, 6) is 1.18. The maximum atomic E-state index is 11.6. The number of ether oxygens (including phenoxy) is 1. The molecule has 4 rings (SSSR count). The maximum Gasteiger partial charge on any atom is 0.246 e. The first-order valence-electron chi connectivity index (χ1n) is 9.41. The molecule has 0 atom stereocenters. The van der Waals surface area contributed by atoms with Gasteiger partial charge in [0.1, 0.15) is 10.8 Å². The number of nitrogens with zero attached hydrogens (tertiary/aromatic N) is 3. The molecule has 1 aliphatic rings. The Morgan fingerprint density at radius 1 is 1.17 bits per heavy atom. The molecule has 1 fully saturated rings. The van der Waals surface area contributed by atoms with Crippen molar-refractivity contribution in [1.29, 1.82) is 0 Å². The van der Waals surface area contributed by atoms with Gasteiger partial charge in [0.15, 0.2) is 0 Å². The monoisotopic (exact) mass is 421 g/mol. The topological polar surface area (TPSA) is 79.4 Å². The lowest BCUT2D eigenvalue weighted by Crippen LogP contribution is -2.56. The highest BCUT2D eigenvalue weighted by atomic mass is 35.5. The van der Waals surface area contributed by atoms with E-state index in [9.17, 15) is 4.79 Å². The standard InChI is InChI=1S/C22H20ClN5O2/c1-2-20(29)28-13-17(14-28)25-16-9-6-10-18(11-16)30-21-19(23)12-24-22(27-21)26-15-7-4-3-5-8-15/h2-12,17,25H,1,13-14H2,(H,24,26,27). The number of amides is 1. The molecule has 0 bridgehead atoms. The number of hydrogen-bond donors (Lipinski definition) is 2. The van der Waals surface area contributed by atoms with E-state index < -0.39 is 0 Å². The van der Waals surface area contributed by atoms with E-state index in [1.165, 1.54) is 12.3 Å². The van der Waals surface area contributed by atoms with Crippen LogP contribution in [0.1, 0.15) is 0 Å². The minimum atomic E-state index is -0.0524. The Hall–Kier alpha value is -3.58. The molecule has 1 aromatic heterocycles. The van der Waals surface area contributed by atoms with Crippen molar-refractivity contribution in [2.24, 2.45) is 0 Å². The summed E-state index contributed by atoms with van der Waals surface area (Å²) in [5, 5.41) is 6.81. The number of hydrogen-bond acceptors (Lipinski definition) is 6. The van der Waals surface area contributed by atoms with Gasteiger partial charge in [0, 0.05) is 30.5 Å². The quantitative estimate of drug-likeness (QED) is 0.548. The smallest absolute Gasteiger partial charge is 0.246 e. The fourth-order valence-electron chi connectivity index (χ4n) is 3.01. The molecule has 2 aromatic carbocycles. The molecule has 30 heavy (non-hydrogen) atoms. The second-order valence-corrected chi connectivity index (χ2v) is 7.16. The summed E-state index contributed by atoms with van der Waals surface area (Å²) in [6.07, 6.45) is 2.83. The predicted molar refractivity (Wildman–Crippen MR) is 117 cm³/mol. The van der Waals surface area contributed by atoms with Crippen LogP contribution in [0, 0.1) is 0 Å². The molecule has 0 radical (unpaired) electrons. The first kappa shape index (κ1) is 19.7. The number of para-hydroxylation sites is 1. The normalized spacial score (nSPS) is 13.3. The molecule has 152 valence electrons. The Morgan fingerprint density at radius 3 is 2.70 bits per heavy atom. The van der Waals surface area contributed by atoms with E-state index in [0.717, 1.165) is 11.4 Å². The first-order valence-corrected chi connectivity index (χ1v) is 9.79. The third-order valence-corrected chi connectivity index (χ3v) is 4.79. The highest BCUT2D eigenvalue weighted by molar-refractivity contribution is 6.31. The van der Waals surface area contributed by atoms with Crippen molar-refractivity contribution in [2.45, 2.75) is 6.04 Å². The highest BCUT2D eigenvalue weighted by Gasteiger charge is 2.29. The zero-order chi connectivity index (χ0) is 20.9. The van der Waals surface area contributed by atoms with Gasteiger partial charge in [0.25, 0.3) is 0 Å². The molecule has 1 amide bonds. The summed E-state index contributed by atoms with van der Waals surface area (Å²) < 4.78 is 5.90. The van der Waals surface area contributed by atoms with Gasteiger partial charge in [0.2, 0.25) is 17.7 Å². The summed E-state index contributed by atoms with van der Waals surface area (Å²) >= 11 is 6.23. The van der Waals surface area contributed by atoms with Crippen molar-refractivity contribution >= 4 is 34.8 Å². The van der Waals surface area contributed by atoms with Gasteiger partial charge in [0.05, 0.1) is 12.2 Å². The third-order valence-electron chi connectivity index (χ3n) is 4.53. The number of benzene rings is 2. The molecule has 3 aromatic rings. The van der Waals surface area contributed by atoms with Gasteiger partial charge in [-0.1, -0.05) is 42.4 Å². The summed E-state index contributed by atoms with van der Waals surface area (Å²) in [6.45, 7) is 4.79.